The highest BCUT2D eigenvalue weighted by molar-refractivity contribution is 7.17. The van der Waals surface area contributed by atoms with Crippen LogP contribution in [0.4, 0.5) is 13.2 Å². The van der Waals surface area contributed by atoms with Gasteiger partial charge in [0.1, 0.15) is 0 Å². The van der Waals surface area contributed by atoms with E-state index in [1.807, 2.05) is 13.8 Å². The first kappa shape index (κ1) is 15.5. The van der Waals surface area contributed by atoms with Crippen LogP contribution in [0.25, 0.3) is 0 Å². The summed E-state index contributed by atoms with van der Waals surface area (Å²) in [7, 11) is 2.71. The van der Waals surface area contributed by atoms with Crippen molar-refractivity contribution in [2.24, 2.45) is 0 Å². The van der Waals surface area contributed by atoms with E-state index >= 15 is 0 Å². The highest BCUT2D eigenvalue weighted by Gasteiger charge is 2.30. The Bertz CT molecular complexity index is 373. The Morgan fingerprint density at radius 3 is 2.00 bits per heavy atom. The van der Waals surface area contributed by atoms with Gasteiger partial charge in [-0.1, -0.05) is 19.1 Å². The molecule has 0 aliphatic rings. The SMILES string of the molecule is CCN([C@@H](C)P)[C@@H](C)c1ccc(C(F)(F)F)cc1. The Kier molecular flexibility index (Phi) is 5.18. The molecule has 0 heterocycles. The van der Waals surface area contributed by atoms with E-state index < -0.39 is 11.7 Å². The number of halogens is 3. The minimum absolute atomic E-state index is 0.102. The predicted molar refractivity (Wildman–Crippen MR) is 71.4 cm³/mol. The van der Waals surface area contributed by atoms with E-state index in [-0.39, 0.29) is 11.8 Å². The van der Waals surface area contributed by atoms with Crippen LogP contribution in [0.2, 0.25) is 0 Å². The van der Waals surface area contributed by atoms with Gasteiger partial charge in [-0.2, -0.15) is 13.2 Å². The first-order valence-corrected chi connectivity index (χ1v) is 6.62. The van der Waals surface area contributed by atoms with Gasteiger partial charge in [-0.15, -0.1) is 9.24 Å². The third-order valence-corrected chi connectivity index (χ3v) is 3.49. The summed E-state index contributed by atoms with van der Waals surface area (Å²) in [6.07, 6.45) is -4.26. The summed E-state index contributed by atoms with van der Waals surface area (Å²) in [5.74, 6) is 0.285. The largest absolute Gasteiger partial charge is 0.416 e. The summed E-state index contributed by atoms with van der Waals surface area (Å²) in [4.78, 5) is 2.20. The molecule has 0 aliphatic heterocycles. The lowest BCUT2D eigenvalue weighted by molar-refractivity contribution is -0.137. The van der Waals surface area contributed by atoms with E-state index in [9.17, 15) is 13.2 Å². The van der Waals surface area contributed by atoms with Gasteiger partial charge in [-0.25, -0.2) is 0 Å². The van der Waals surface area contributed by atoms with Crippen LogP contribution in [0.15, 0.2) is 24.3 Å². The van der Waals surface area contributed by atoms with E-state index in [2.05, 4.69) is 21.1 Å². The molecule has 0 radical (unpaired) electrons. The number of hydrogen-bond donors (Lipinski definition) is 0. The topological polar surface area (TPSA) is 3.24 Å². The lowest BCUT2D eigenvalue weighted by Crippen LogP contribution is -2.31. The monoisotopic (exact) mass is 277 g/mol. The molecule has 1 rings (SSSR count). The second-order valence-electron chi connectivity index (χ2n) is 4.37. The zero-order chi connectivity index (χ0) is 13.9. The number of nitrogens with zero attached hydrogens (tertiary/aromatic N) is 1. The van der Waals surface area contributed by atoms with Crippen LogP contribution >= 0.6 is 9.24 Å². The van der Waals surface area contributed by atoms with Crippen LogP contribution in [0.3, 0.4) is 0 Å². The van der Waals surface area contributed by atoms with Gasteiger partial charge in [0.25, 0.3) is 0 Å². The molecule has 1 nitrogen and oxygen atoms in total. The first-order chi connectivity index (χ1) is 8.27. The molecule has 0 spiro atoms. The summed E-state index contributed by atoms with van der Waals surface area (Å²) >= 11 is 0. The third kappa shape index (κ3) is 3.69. The number of hydrogen-bond acceptors (Lipinski definition) is 1. The highest BCUT2D eigenvalue weighted by atomic mass is 31.0. The average molecular weight is 277 g/mol. The molecule has 3 atom stereocenters. The van der Waals surface area contributed by atoms with Crippen LogP contribution in [0.1, 0.15) is 37.9 Å². The molecule has 18 heavy (non-hydrogen) atoms. The second kappa shape index (κ2) is 6.03. The van der Waals surface area contributed by atoms with Gasteiger partial charge < -0.3 is 0 Å². The molecule has 0 saturated carbocycles. The molecule has 1 aromatic carbocycles. The van der Waals surface area contributed by atoms with E-state index in [0.717, 1.165) is 24.2 Å². The van der Waals surface area contributed by atoms with Gasteiger partial charge in [-0.3, -0.25) is 4.90 Å². The zero-order valence-electron chi connectivity index (χ0n) is 10.8. The van der Waals surface area contributed by atoms with Crippen molar-refractivity contribution in [2.75, 3.05) is 6.54 Å². The smallest absolute Gasteiger partial charge is 0.291 e. The van der Waals surface area contributed by atoms with Crippen LogP contribution < -0.4 is 0 Å². The van der Waals surface area contributed by atoms with E-state index in [1.54, 1.807) is 12.1 Å². The van der Waals surface area contributed by atoms with Crippen molar-refractivity contribution in [1.29, 1.82) is 0 Å². The van der Waals surface area contributed by atoms with Crippen LogP contribution in [-0.4, -0.2) is 17.2 Å². The maximum absolute atomic E-state index is 12.5. The van der Waals surface area contributed by atoms with Crippen molar-refractivity contribution in [3.63, 3.8) is 0 Å². The quantitative estimate of drug-likeness (QED) is 0.741. The lowest BCUT2D eigenvalue weighted by atomic mass is 10.0. The second-order valence-corrected chi connectivity index (χ2v) is 5.33. The maximum atomic E-state index is 12.5. The molecule has 0 aliphatic carbocycles. The number of alkyl halides is 3. The van der Waals surface area contributed by atoms with Crippen molar-refractivity contribution in [1.82, 2.24) is 4.90 Å². The fourth-order valence-electron chi connectivity index (χ4n) is 2.06. The normalized spacial score (nSPS) is 15.8. The molecule has 0 N–H and O–H groups in total. The molecule has 0 saturated heterocycles. The average Bonchev–Trinajstić information content (AvgIpc) is 2.28. The molecule has 0 fully saturated rings. The fourth-order valence-corrected chi connectivity index (χ4v) is 2.53. The standard InChI is InChI=1S/C13H19F3NP/c1-4-17(10(3)18)9(2)11-5-7-12(8-6-11)13(14,15)16/h5-10H,4,18H2,1-3H3/t9-,10+/m0/s1. The molecule has 0 amide bonds. The molecular formula is C13H19F3NP. The first-order valence-electron chi connectivity index (χ1n) is 5.95. The van der Waals surface area contributed by atoms with Gasteiger partial charge >= 0.3 is 6.18 Å². The van der Waals surface area contributed by atoms with Gasteiger partial charge in [0.15, 0.2) is 0 Å². The minimum Gasteiger partial charge on any atom is -0.291 e. The van der Waals surface area contributed by atoms with E-state index in [0.29, 0.717) is 0 Å². The van der Waals surface area contributed by atoms with Crippen LogP contribution in [0.5, 0.6) is 0 Å². The van der Waals surface area contributed by atoms with Crippen LogP contribution in [-0.2, 0) is 6.18 Å². The molecule has 1 unspecified atom stereocenters. The van der Waals surface area contributed by atoms with Gasteiger partial charge in [0.05, 0.1) is 5.56 Å². The van der Waals surface area contributed by atoms with Gasteiger partial charge in [-0.05, 0) is 38.1 Å². The van der Waals surface area contributed by atoms with Crippen molar-refractivity contribution >= 4 is 9.24 Å². The minimum atomic E-state index is -4.26. The Labute approximate surface area is 109 Å². The van der Waals surface area contributed by atoms with Gasteiger partial charge in [0, 0.05) is 11.8 Å². The zero-order valence-corrected chi connectivity index (χ0v) is 12.0. The lowest BCUT2D eigenvalue weighted by Gasteiger charge is -2.31. The number of rotatable bonds is 4. The van der Waals surface area contributed by atoms with Crippen molar-refractivity contribution in [3.05, 3.63) is 35.4 Å². The third-order valence-electron chi connectivity index (χ3n) is 3.11. The Morgan fingerprint density at radius 2 is 1.67 bits per heavy atom. The molecular weight excluding hydrogens is 258 g/mol. The highest BCUT2D eigenvalue weighted by Crippen LogP contribution is 2.31. The van der Waals surface area contributed by atoms with E-state index in [1.165, 1.54) is 0 Å². The molecule has 0 bridgehead atoms. The maximum Gasteiger partial charge on any atom is 0.416 e. The molecule has 0 aromatic heterocycles. The fraction of sp³-hybridized carbons (Fsp3) is 0.538. The van der Waals surface area contributed by atoms with Crippen molar-refractivity contribution in [2.45, 2.75) is 38.8 Å². The Balaban J connectivity index is 2.91. The summed E-state index contributed by atoms with van der Waals surface area (Å²) in [6.45, 7) is 6.95. The predicted octanol–water partition coefficient (Wildman–Crippen LogP) is 4.31. The Hall–Kier alpha value is -0.600. The molecule has 102 valence electrons. The number of benzene rings is 1. The molecule has 1 aromatic rings. The van der Waals surface area contributed by atoms with Crippen LogP contribution in [0, 0.1) is 0 Å². The summed E-state index contributed by atoms with van der Waals surface area (Å²) < 4.78 is 37.4. The van der Waals surface area contributed by atoms with E-state index in [4.69, 9.17) is 0 Å². The van der Waals surface area contributed by atoms with Gasteiger partial charge in [0.2, 0.25) is 0 Å². The summed E-state index contributed by atoms with van der Waals surface area (Å²) in [5.41, 5.74) is 0.305. The van der Waals surface area contributed by atoms with Crippen molar-refractivity contribution in [3.8, 4) is 0 Å². The summed E-state index contributed by atoms with van der Waals surface area (Å²) in [6, 6.07) is 5.51. The Morgan fingerprint density at radius 1 is 1.17 bits per heavy atom. The summed E-state index contributed by atoms with van der Waals surface area (Å²) in [5, 5.41) is 0. The van der Waals surface area contributed by atoms with Crippen molar-refractivity contribution < 1.29 is 13.2 Å². The molecule has 5 heteroatoms.